The molecule has 1 aliphatic rings. The van der Waals surface area contributed by atoms with Gasteiger partial charge in [-0.2, -0.15) is 0 Å². The van der Waals surface area contributed by atoms with Crippen molar-refractivity contribution in [2.24, 2.45) is 5.92 Å². The summed E-state index contributed by atoms with van der Waals surface area (Å²) in [6, 6.07) is 10.8. The highest BCUT2D eigenvalue weighted by Gasteiger charge is 2.28. The molecule has 0 amide bonds. The molecular formula is C15H18N2S. The van der Waals surface area contributed by atoms with Crippen molar-refractivity contribution in [3.8, 4) is 0 Å². The molecule has 1 fully saturated rings. The van der Waals surface area contributed by atoms with Gasteiger partial charge in [-0.05, 0) is 37.4 Å². The summed E-state index contributed by atoms with van der Waals surface area (Å²) in [6.07, 6.45) is 4.30. The molecule has 2 heterocycles. The maximum Gasteiger partial charge on any atom is 0.0959 e. The van der Waals surface area contributed by atoms with Crippen LogP contribution in [0.15, 0.2) is 41.9 Å². The van der Waals surface area contributed by atoms with E-state index in [1.807, 2.05) is 6.20 Å². The molecule has 1 aromatic heterocycles. The highest BCUT2D eigenvalue weighted by Crippen LogP contribution is 2.33. The smallest absolute Gasteiger partial charge is 0.0959 e. The molecule has 3 rings (SSSR count). The second kappa shape index (κ2) is 5.63. The van der Waals surface area contributed by atoms with Gasteiger partial charge in [-0.25, -0.2) is 4.98 Å². The molecule has 2 atom stereocenters. The van der Waals surface area contributed by atoms with Crippen molar-refractivity contribution in [2.75, 3.05) is 13.1 Å². The Kier molecular flexibility index (Phi) is 3.72. The number of benzene rings is 1. The van der Waals surface area contributed by atoms with E-state index in [2.05, 4.69) is 46.0 Å². The largest absolute Gasteiger partial charge is 0.316 e. The molecule has 0 spiro atoms. The van der Waals surface area contributed by atoms with Crippen LogP contribution in [0.4, 0.5) is 0 Å². The third-order valence-corrected chi connectivity index (χ3v) is 4.62. The lowest BCUT2D eigenvalue weighted by Crippen LogP contribution is -2.36. The molecule has 1 aliphatic heterocycles. The van der Waals surface area contributed by atoms with Crippen LogP contribution >= 0.6 is 11.3 Å². The highest BCUT2D eigenvalue weighted by molar-refractivity contribution is 7.09. The molecule has 2 unspecified atom stereocenters. The molecule has 0 bridgehead atoms. The van der Waals surface area contributed by atoms with Gasteiger partial charge in [0.2, 0.25) is 0 Å². The summed E-state index contributed by atoms with van der Waals surface area (Å²) < 4.78 is 0. The summed E-state index contributed by atoms with van der Waals surface area (Å²) in [7, 11) is 0. The summed E-state index contributed by atoms with van der Waals surface area (Å²) in [4.78, 5) is 4.52. The molecule has 94 valence electrons. The van der Waals surface area contributed by atoms with E-state index in [1.54, 1.807) is 11.3 Å². The molecule has 1 saturated heterocycles. The third-order valence-electron chi connectivity index (χ3n) is 3.72. The van der Waals surface area contributed by atoms with Gasteiger partial charge in [-0.3, -0.25) is 0 Å². The van der Waals surface area contributed by atoms with Crippen LogP contribution in [0.2, 0.25) is 0 Å². The fraction of sp³-hybridized carbons (Fsp3) is 0.400. The maximum atomic E-state index is 4.52. The summed E-state index contributed by atoms with van der Waals surface area (Å²) in [5, 5.41) is 6.94. The number of nitrogens with one attached hydrogen (secondary N) is 1. The van der Waals surface area contributed by atoms with Crippen LogP contribution in [0.5, 0.6) is 0 Å². The zero-order chi connectivity index (χ0) is 12.2. The van der Waals surface area contributed by atoms with Crippen LogP contribution in [-0.2, 0) is 6.42 Å². The van der Waals surface area contributed by atoms with Crippen molar-refractivity contribution in [1.29, 1.82) is 0 Å². The second-order valence-corrected chi connectivity index (χ2v) is 5.85. The minimum absolute atomic E-state index is 0.631. The van der Waals surface area contributed by atoms with Crippen molar-refractivity contribution < 1.29 is 0 Å². The lowest BCUT2D eigenvalue weighted by Gasteiger charge is -2.31. The standard InChI is InChI=1S/C15H18N2S/c1-2-4-12(5-3-1)10-13-11-16-7-6-14(13)15-17-8-9-18-15/h1-5,8-9,13-14,16H,6-7,10-11H2. The Bertz CT molecular complexity index is 467. The SMILES string of the molecule is c1ccc(CC2CNCCC2c2nccs2)cc1. The molecule has 0 aliphatic carbocycles. The number of rotatable bonds is 3. The van der Waals surface area contributed by atoms with Crippen molar-refractivity contribution >= 4 is 11.3 Å². The number of thiazole rings is 1. The first-order valence-corrected chi connectivity index (χ1v) is 7.45. The monoisotopic (exact) mass is 258 g/mol. The summed E-state index contributed by atoms with van der Waals surface area (Å²) in [5.41, 5.74) is 1.44. The summed E-state index contributed by atoms with van der Waals surface area (Å²) in [6.45, 7) is 2.23. The van der Waals surface area contributed by atoms with Crippen molar-refractivity contribution in [1.82, 2.24) is 10.3 Å². The predicted molar refractivity (Wildman–Crippen MR) is 76.0 cm³/mol. The van der Waals surface area contributed by atoms with Crippen LogP contribution < -0.4 is 5.32 Å². The van der Waals surface area contributed by atoms with Gasteiger partial charge >= 0.3 is 0 Å². The maximum absolute atomic E-state index is 4.52. The Balaban J connectivity index is 1.76. The summed E-state index contributed by atoms with van der Waals surface area (Å²) >= 11 is 1.80. The van der Waals surface area contributed by atoms with Crippen molar-refractivity contribution in [2.45, 2.75) is 18.8 Å². The number of piperidine rings is 1. The first kappa shape index (κ1) is 11.9. The van der Waals surface area contributed by atoms with E-state index in [1.165, 1.54) is 17.0 Å². The molecule has 0 radical (unpaired) electrons. The van der Waals surface area contributed by atoms with Crippen LogP contribution in [0, 0.1) is 5.92 Å². The van der Waals surface area contributed by atoms with Gasteiger partial charge in [0.1, 0.15) is 0 Å². The molecule has 3 heteroatoms. The van der Waals surface area contributed by atoms with E-state index in [4.69, 9.17) is 0 Å². The molecule has 2 aromatic rings. The average Bonchev–Trinajstić information content (AvgIpc) is 2.94. The van der Waals surface area contributed by atoms with E-state index in [9.17, 15) is 0 Å². The number of nitrogens with zero attached hydrogens (tertiary/aromatic N) is 1. The molecule has 1 aromatic carbocycles. The first-order valence-electron chi connectivity index (χ1n) is 6.57. The molecule has 18 heavy (non-hydrogen) atoms. The normalized spacial score (nSPS) is 24.0. The Morgan fingerprint density at radius 2 is 2.17 bits per heavy atom. The number of aromatic nitrogens is 1. The summed E-state index contributed by atoms with van der Waals surface area (Å²) in [5.74, 6) is 1.30. The lowest BCUT2D eigenvalue weighted by atomic mass is 9.82. The van der Waals surface area contributed by atoms with Gasteiger partial charge in [-0.15, -0.1) is 11.3 Å². The molecule has 1 N–H and O–H groups in total. The average molecular weight is 258 g/mol. The lowest BCUT2D eigenvalue weighted by molar-refractivity contribution is 0.323. The van der Waals surface area contributed by atoms with E-state index < -0.39 is 0 Å². The molecule has 0 saturated carbocycles. The van der Waals surface area contributed by atoms with Crippen LogP contribution in [0.25, 0.3) is 0 Å². The van der Waals surface area contributed by atoms with Gasteiger partial charge in [0.15, 0.2) is 0 Å². The van der Waals surface area contributed by atoms with Gasteiger partial charge in [0.25, 0.3) is 0 Å². The Labute approximate surface area is 112 Å². The minimum atomic E-state index is 0.631. The van der Waals surface area contributed by atoms with Crippen molar-refractivity contribution in [3.63, 3.8) is 0 Å². The van der Waals surface area contributed by atoms with Gasteiger partial charge in [-0.1, -0.05) is 30.3 Å². The minimum Gasteiger partial charge on any atom is -0.316 e. The second-order valence-electron chi connectivity index (χ2n) is 4.92. The Morgan fingerprint density at radius 1 is 1.28 bits per heavy atom. The van der Waals surface area contributed by atoms with Gasteiger partial charge < -0.3 is 5.32 Å². The van der Waals surface area contributed by atoms with E-state index in [0.29, 0.717) is 11.8 Å². The van der Waals surface area contributed by atoms with E-state index in [-0.39, 0.29) is 0 Å². The van der Waals surface area contributed by atoms with Crippen LogP contribution in [0.1, 0.15) is 22.9 Å². The zero-order valence-corrected chi connectivity index (χ0v) is 11.2. The van der Waals surface area contributed by atoms with Crippen molar-refractivity contribution in [3.05, 3.63) is 52.5 Å². The third kappa shape index (κ3) is 2.62. The van der Waals surface area contributed by atoms with Gasteiger partial charge in [0, 0.05) is 17.5 Å². The van der Waals surface area contributed by atoms with E-state index in [0.717, 1.165) is 19.5 Å². The van der Waals surface area contributed by atoms with E-state index >= 15 is 0 Å². The Hall–Kier alpha value is -1.19. The number of hydrogen-bond acceptors (Lipinski definition) is 3. The fourth-order valence-electron chi connectivity index (χ4n) is 2.80. The molecular weight excluding hydrogens is 240 g/mol. The van der Waals surface area contributed by atoms with Crippen LogP contribution in [-0.4, -0.2) is 18.1 Å². The topological polar surface area (TPSA) is 24.9 Å². The highest BCUT2D eigenvalue weighted by atomic mass is 32.1. The van der Waals surface area contributed by atoms with Crippen LogP contribution in [0.3, 0.4) is 0 Å². The molecule has 2 nitrogen and oxygen atoms in total. The Morgan fingerprint density at radius 3 is 2.94 bits per heavy atom. The quantitative estimate of drug-likeness (QED) is 0.915. The predicted octanol–water partition coefficient (Wildman–Crippen LogP) is 3.08. The zero-order valence-electron chi connectivity index (χ0n) is 10.4. The first-order chi connectivity index (χ1) is 8.93. The fourth-order valence-corrected chi connectivity index (χ4v) is 3.66. The number of hydrogen-bond donors (Lipinski definition) is 1. The van der Waals surface area contributed by atoms with Gasteiger partial charge in [0.05, 0.1) is 5.01 Å².